The zero-order valence-corrected chi connectivity index (χ0v) is 18.1. The van der Waals surface area contributed by atoms with Gasteiger partial charge in [-0.3, -0.25) is 4.79 Å². The zero-order valence-electron chi connectivity index (χ0n) is 17.3. The summed E-state index contributed by atoms with van der Waals surface area (Å²) in [4.78, 5) is 11.6. The number of hydrogen-bond donors (Lipinski definition) is 1. The van der Waals surface area contributed by atoms with E-state index in [1.165, 1.54) is 16.8 Å². The lowest BCUT2D eigenvalue weighted by molar-refractivity contribution is -0.138. The van der Waals surface area contributed by atoms with Crippen molar-refractivity contribution in [1.82, 2.24) is 15.1 Å². The SMILES string of the molecule is Cc1cc(C)n(-c2ccc(CNC(=O)c3ccc(S(=O)(=O)C(F)F)cc3)c(C(F)(F)F)c2)n1. The lowest BCUT2D eigenvalue weighted by atomic mass is 10.1. The molecule has 1 aromatic heterocycles. The maximum absolute atomic E-state index is 13.7. The summed E-state index contributed by atoms with van der Waals surface area (Å²) in [6, 6.07) is 9.00. The van der Waals surface area contributed by atoms with Crippen LogP contribution in [0.3, 0.4) is 0 Å². The third kappa shape index (κ3) is 5.21. The molecule has 0 fully saturated rings. The van der Waals surface area contributed by atoms with Gasteiger partial charge in [0.1, 0.15) is 0 Å². The lowest BCUT2D eigenvalue weighted by Crippen LogP contribution is -2.25. The van der Waals surface area contributed by atoms with Crippen molar-refractivity contribution in [2.75, 3.05) is 0 Å². The van der Waals surface area contributed by atoms with E-state index < -0.39 is 44.7 Å². The van der Waals surface area contributed by atoms with Gasteiger partial charge in [-0.15, -0.1) is 0 Å². The van der Waals surface area contributed by atoms with Gasteiger partial charge in [0.15, 0.2) is 0 Å². The number of amides is 1. The van der Waals surface area contributed by atoms with E-state index in [1.807, 2.05) is 0 Å². The Morgan fingerprint density at radius 2 is 1.70 bits per heavy atom. The minimum atomic E-state index is -4.82. The number of rotatable bonds is 6. The quantitative estimate of drug-likeness (QED) is 0.522. The number of benzene rings is 2. The molecule has 3 aromatic rings. The maximum atomic E-state index is 13.7. The average molecular weight is 487 g/mol. The van der Waals surface area contributed by atoms with Gasteiger partial charge in [0.2, 0.25) is 9.84 Å². The van der Waals surface area contributed by atoms with Crippen LogP contribution < -0.4 is 5.32 Å². The molecule has 0 aliphatic heterocycles. The van der Waals surface area contributed by atoms with Gasteiger partial charge in [-0.25, -0.2) is 13.1 Å². The van der Waals surface area contributed by atoms with Gasteiger partial charge in [-0.2, -0.15) is 27.1 Å². The smallest absolute Gasteiger partial charge is 0.348 e. The number of alkyl halides is 5. The number of nitrogens with zero attached hydrogens (tertiary/aromatic N) is 2. The summed E-state index contributed by atoms with van der Waals surface area (Å²) in [7, 11) is -4.82. The van der Waals surface area contributed by atoms with Crippen molar-refractivity contribution in [3.8, 4) is 5.69 Å². The molecule has 0 saturated heterocycles. The predicted molar refractivity (Wildman–Crippen MR) is 109 cm³/mol. The monoisotopic (exact) mass is 487 g/mol. The van der Waals surface area contributed by atoms with Gasteiger partial charge in [0, 0.05) is 17.8 Å². The van der Waals surface area contributed by atoms with Gasteiger partial charge in [-0.05, 0) is 61.9 Å². The summed E-state index contributed by atoms with van der Waals surface area (Å²) in [6.45, 7) is 2.95. The molecule has 176 valence electrons. The topological polar surface area (TPSA) is 81.1 Å². The van der Waals surface area contributed by atoms with Crippen LogP contribution in [0.15, 0.2) is 53.4 Å². The van der Waals surface area contributed by atoms with E-state index in [0.29, 0.717) is 11.4 Å². The van der Waals surface area contributed by atoms with Crippen LogP contribution in [0.4, 0.5) is 22.0 Å². The van der Waals surface area contributed by atoms with Crippen LogP contribution in [-0.4, -0.2) is 29.9 Å². The highest BCUT2D eigenvalue weighted by Gasteiger charge is 2.34. The molecule has 6 nitrogen and oxygen atoms in total. The second kappa shape index (κ2) is 8.93. The number of carbonyl (C=O) groups is 1. The van der Waals surface area contributed by atoms with E-state index in [-0.39, 0.29) is 16.8 Å². The van der Waals surface area contributed by atoms with Crippen molar-refractivity contribution in [2.24, 2.45) is 0 Å². The highest BCUT2D eigenvalue weighted by molar-refractivity contribution is 7.91. The Bertz CT molecular complexity index is 1280. The van der Waals surface area contributed by atoms with Crippen LogP contribution >= 0.6 is 0 Å². The van der Waals surface area contributed by atoms with Crippen LogP contribution in [0.25, 0.3) is 5.69 Å². The molecule has 0 saturated carbocycles. The van der Waals surface area contributed by atoms with Gasteiger partial charge in [0.25, 0.3) is 5.91 Å². The third-order valence-electron chi connectivity index (χ3n) is 4.77. The van der Waals surface area contributed by atoms with E-state index in [1.54, 1.807) is 19.9 Å². The first kappa shape index (κ1) is 24.4. The van der Waals surface area contributed by atoms with Crippen molar-refractivity contribution in [3.63, 3.8) is 0 Å². The highest BCUT2D eigenvalue weighted by atomic mass is 32.2. The van der Waals surface area contributed by atoms with E-state index >= 15 is 0 Å². The second-order valence-corrected chi connectivity index (χ2v) is 9.11. The molecule has 1 heterocycles. The van der Waals surface area contributed by atoms with Crippen molar-refractivity contribution < 1.29 is 35.2 Å². The number of aromatic nitrogens is 2. The summed E-state index contributed by atoms with van der Waals surface area (Å²) in [5.41, 5.74) is 0.253. The molecule has 0 bridgehead atoms. The zero-order chi connectivity index (χ0) is 24.6. The Balaban J connectivity index is 1.82. The first-order valence-electron chi connectivity index (χ1n) is 9.45. The van der Waals surface area contributed by atoms with Gasteiger partial charge in [-0.1, -0.05) is 6.07 Å². The molecule has 1 N–H and O–H groups in total. The van der Waals surface area contributed by atoms with Crippen molar-refractivity contribution in [3.05, 3.63) is 76.6 Å². The summed E-state index contributed by atoms with van der Waals surface area (Å²) in [5.74, 6) is -4.41. The number of halogens is 5. The number of aryl methyl sites for hydroxylation is 2. The summed E-state index contributed by atoms with van der Waals surface area (Å²) < 4.78 is 90.4. The maximum Gasteiger partial charge on any atom is 0.416 e. The third-order valence-corrected chi connectivity index (χ3v) is 6.17. The Morgan fingerprint density at radius 3 is 2.21 bits per heavy atom. The first-order chi connectivity index (χ1) is 15.3. The largest absolute Gasteiger partial charge is 0.416 e. The standard InChI is InChI=1S/C21H18F5N3O3S/c1-12-9-13(2)29(28-12)16-6-3-15(18(10-16)21(24,25)26)11-27-19(30)14-4-7-17(8-5-14)33(31,32)20(22)23/h3-10,20H,11H2,1-2H3,(H,27,30). The molecule has 0 aliphatic carbocycles. The minimum absolute atomic E-state index is 0.101. The number of nitrogens with one attached hydrogen (secondary N) is 1. The van der Waals surface area contributed by atoms with Crippen LogP contribution in [0, 0.1) is 13.8 Å². The molecule has 1 amide bonds. The number of carbonyl (C=O) groups excluding carboxylic acids is 1. The van der Waals surface area contributed by atoms with Gasteiger partial charge >= 0.3 is 11.9 Å². The van der Waals surface area contributed by atoms with Gasteiger partial charge < -0.3 is 5.32 Å². The molecular formula is C21H18F5N3O3S. The van der Waals surface area contributed by atoms with Crippen molar-refractivity contribution in [2.45, 2.75) is 37.2 Å². The minimum Gasteiger partial charge on any atom is -0.348 e. The fourth-order valence-electron chi connectivity index (χ4n) is 3.18. The summed E-state index contributed by atoms with van der Waals surface area (Å²) >= 11 is 0. The Morgan fingerprint density at radius 1 is 1.06 bits per heavy atom. The molecule has 33 heavy (non-hydrogen) atoms. The number of sulfone groups is 1. The van der Waals surface area contributed by atoms with E-state index in [0.717, 1.165) is 30.3 Å². The van der Waals surface area contributed by atoms with Crippen molar-refractivity contribution in [1.29, 1.82) is 0 Å². The predicted octanol–water partition coefficient (Wildman–Crippen LogP) is 4.43. The molecular weight excluding hydrogens is 469 g/mol. The fourth-order valence-corrected chi connectivity index (χ4v) is 3.90. The van der Waals surface area contributed by atoms with E-state index in [9.17, 15) is 35.2 Å². The van der Waals surface area contributed by atoms with Gasteiger partial charge in [0.05, 0.1) is 21.8 Å². The molecule has 0 unspecified atom stereocenters. The molecule has 0 spiro atoms. The van der Waals surface area contributed by atoms with Crippen LogP contribution in [0.2, 0.25) is 0 Å². The van der Waals surface area contributed by atoms with E-state index in [4.69, 9.17) is 0 Å². The normalized spacial score (nSPS) is 12.2. The molecule has 2 aromatic carbocycles. The average Bonchev–Trinajstić information content (AvgIpc) is 3.09. The fraction of sp³-hybridized carbons (Fsp3) is 0.238. The first-order valence-corrected chi connectivity index (χ1v) is 11.0. The van der Waals surface area contributed by atoms with Crippen molar-refractivity contribution >= 4 is 15.7 Å². The molecule has 12 heteroatoms. The molecule has 3 rings (SSSR count). The van der Waals surface area contributed by atoms with Crippen LogP contribution in [0.1, 0.15) is 32.9 Å². The van der Waals surface area contributed by atoms with Crippen LogP contribution in [-0.2, 0) is 22.6 Å². The molecule has 0 atom stereocenters. The molecule has 0 radical (unpaired) electrons. The Kier molecular flexibility index (Phi) is 6.59. The summed E-state index contributed by atoms with van der Waals surface area (Å²) in [5, 5.41) is 6.50. The van der Waals surface area contributed by atoms with Crippen LogP contribution in [0.5, 0.6) is 0 Å². The number of hydrogen-bond acceptors (Lipinski definition) is 4. The molecule has 0 aliphatic rings. The Hall–Kier alpha value is -3.28. The highest BCUT2D eigenvalue weighted by Crippen LogP contribution is 2.33. The second-order valence-electron chi connectivity index (χ2n) is 7.19. The summed E-state index contributed by atoms with van der Waals surface area (Å²) in [6.07, 6.45) is -4.70. The van der Waals surface area contributed by atoms with E-state index in [2.05, 4.69) is 10.4 Å². The lowest BCUT2D eigenvalue weighted by Gasteiger charge is -2.16. The Labute approximate surface area is 186 Å².